The number of carboxylic acids is 1. The number of hydrogen-bond acceptors (Lipinski definition) is 1. The fraction of sp³-hybridized carbons (Fsp3) is 0.700. The molecule has 0 radical (unpaired) electrons. The third kappa shape index (κ3) is 3.07. The van der Waals surface area contributed by atoms with Crippen LogP contribution < -0.4 is 0 Å². The lowest BCUT2D eigenvalue weighted by Crippen LogP contribution is -2.00. The smallest absolute Gasteiger partial charge is 0.331 e. The molecular weight excluding hydrogens is 152 g/mol. The molecule has 1 aliphatic rings. The summed E-state index contributed by atoms with van der Waals surface area (Å²) >= 11 is 0. The highest BCUT2D eigenvalue weighted by atomic mass is 16.4. The molecule has 0 bridgehead atoms. The van der Waals surface area contributed by atoms with E-state index in [2.05, 4.69) is 0 Å². The van der Waals surface area contributed by atoms with Crippen molar-refractivity contribution in [1.29, 1.82) is 0 Å². The summed E-state index contributed by atoms with van der Waals surface area (Å²) in [6.45, 7) is 0. The van der Waals surface area contributed by atoms with Gasteiger partial charge >= 0.3 is 5.97 Å². The minimum absolute atomic E-state index is 0.622. The normalized spacial score (nSPS) is 24.5. The molecule has 0 aromatic heterocycles. The van der Waals surface area contributed by atoms with Crippen LogP contribution >= 0.6 is 0 Å². The van der Waals surface area contributed by atoms with Gasteiger partial charge in [-0.15, -0.1) is 0 Å². The highest BCUT2D eigenvalue weighted by Gasteiger charge is 2.07. The lowest BCUT2D eigenvalue weighted by molar-refractivity contribution is -0.132. The van der Waals surface area contributed by atoms with Gasteiger partial charge in [-0.2, -0.15) is 0 Å². The van der Waals surface area contributed by atoms with Gasteiger partial charge in [0.05, 0.1) is 0 Å². The van der Waals surface area contributed by atoms with Crippen LogP contribution in [-0.4, -0.2) is 11.1 Å². The van der Waals surface area contributed by atoms with Crippen LogP contribution in [0.15, 0.2) is 11.6 Å². The zero-order chi connectivity index (χ0) is 8.81. The van der Waals surface area contributed by atoms with Crippen LogP contribution in [0.1, 0.15) is 44.9 Å². The molecule has 0 atom stereocenters. The Kier molecular flexibility index (Phi) is 3.85. The number of carboxylic acid groups (broad SMARTS) is 1. The second-order valence-corrected chi connectivity index (χ2v) is 3.34. The first kappa shape index (κ1) is 9.30. The van der Waals surface area contributed by atoms with Crippen LogP contribution in [0.3, 0.4) is 0 Å². The summed E-state index contributed by atoms with van der Waals surface area (Å²) in [6, 6.07) is 0. The predicted octanol–water partition coefficient (Wildman–Crippen LogP) is 2.74. The van der Waals surface area contributed by atoms with Crippen LogP contribution in [0, 0.1) is 0 Å². The molecule has 0 aromatic rings. The molecule has 0 saturated carbocycles. The summed E-state index contributed by atoms with van der Waals surface area (Å²) in [7, 11) is 0. The molecule has 12 heavy (non-hydrogen) atoms. The number of rotatable bonds is 1. The minimum atomic E-state index is -0.725. The fourth-order valence-electron chi connectivity index (χ4n) is 1.56. The third-order valence-corrected chi connectivity index (χ3v) is 2.32. The summed E-state index contributed by atoms with van der Waals surface area (Å²) in [4.78, 5) is 10.7. The van der Waals surface area contributed by atoms with E-state index in [1.807, 2.05) is 6.08 Å². The van der Waals surface area contributed by atoms with Gasteiger partial charge in [-0.1, -0.05) is 25.3 Å². The zero-order valence-corrected chi connectivity index (χ0v) is 7.38. The molecule has 1 rings (SSSR count). The molecule has 2 heteroatoms. The van der Waals surface area contributed by atoms with Crippen molar-refractivity contribution in [3.05, 3.63) is 11.6 Å². The highest BCUT2D eigenvalue weighted by molar-refractivity contribution is 5.86. The number of carbonyl (C=O) groups is 1. The van der Waals surface area contributed by atoms with Gasteiger partial charge < -0.3 is 5.11 Å². The van der Waals surface area contributed by atoms with Crippen molar-refractivity contribution in [2.45, 2.75) is 44.9 Å². The largest absolute Gasteiger partial charge is 0.478 e. The van der Waals surface area contributed by atoms with Crippen LogP contribution in [-0.2, 0) is 4.79 Å². The first-order chi connectivity index (χ1) is 5.80. The summed E-state index contributed by atoms with van der Waals surface area (Å²) in [6.07, 6.45) is 9.49. The van der Waals surface area contributed by atoms with Gasteiger partial charge in [-0.3, -0.25) is 0 Å². The predicted molar refractivity (Wildman–Crippen MR) is 48.0 cm³/mol. The molecule has 0 aromatic carbocycles. The maximum atomic E-state index is 10.7. The molecule has 0 aliphatic heterocycles. The average molecular weight is 168 g/mol. The zero-order valence-electron chi connectivity index (χ0n) is 7.38. The lowest BCUT2D eigenvalue weighted by atomic mass is 10.1. The summed E-state index contributed by atoms with van der Waals surface area (Å²) in [5.74, 6) is -0.725. The number of aliphatic carboxylic acids is 1. The summed E-state index contributed by atoms with van der Waals surface area (Å²) < 4.78 is 0. The Morgan fingerprint density at radius 1 is 1.17 bits per heavy atom. The Morgan fingerprint density at radius 3 is 2.58 bits per heavy atom. The SMILES string of the molecule is O=C(O)/C1=C/CCCCCCC1. The van der Waals surface area contributed by atoms with E-state index in [1.54, 1.807) is 0 Å². The Labute approximate surface area is 73.3 Å². The highest BCUT2D eigenvalue weighted by Crippen LogP contribution is 2.16. The van der Waals surface area contributed by atoms with Crippen molar-refractivity contribution in [3.8, 4) is 0 Å². The second kappa shape index (κ2) is 4.96. The van der Waals surface area contributed by atoms with Gasteiger partial charge in [0.15, 0.2) is 0 Å². The molecule has 1 aliphatic carbocycles. The minimum Gasteiger partial charge on any atom is -0.478 e. The van der Waals surface area contributed by atoms with E-state index in [9.17, 15) is 4.79 Å². The molecular formula is C10H16O2. The third-order valence-electron chi connectivity index (χ3n) is 2.32. The molecule has 0 heterocycles. The van der Waals surface area contributed by atoms with Gasteiger partial charge in [0, 0.05) is 5.57 Å². The Bertz CT molecular complexity index is 182. The maximum Gasteiger partial charge on any atom is 0.331 e. The molecule has 68 valence electrons. The topological polar surface area (TPSA) is 37.3 Å². The van der Waals surface area contributed by atoms with Gasteiger partial charge in [-0.25, -0.2) is 4.79 Å². The molecule has 0 spiro atoms. The van der Waals surface area contributed by atoms with Crippen molar-refractivity contribution < 1.29 is 9.90 Å². The molecule has 0 amide bonds. The van der Waals surface area contributed by atoms with E-state index in [4.69, 9.17) is 5.11 Å². The van der Waals surface area contributed by atoms with Gasteiger partial charge in [-0.05, 0) is 25.7 Å². The Balaban J connectivity index is 2.49. The molecule has 0 unspecified atom stereocenters. The molecule has 0 saturated heterocycles. The summed E-state index contributed by atoms with van der Waals surface area (Å²) in [5.41, 5.74) is 0.622. The van der Waals surface area contributed by atoms with Crippen molar-refractivity contribution >= 4 is 5.97 Å². The lowest BCUT2D eigenvalue weighted by Gasteiger charge is -1.99. The van der Waals surface area contributed by atoms with Gasteiger partial charge in [0.2, 0.25) is 0 Å². The van der Waals surface area contributed by atoms with Gasteiger partial charge in [0.1, 0.15) is 0 Å². The Morgan fingerprint density at radius 2 is 1.83 bits per heavy atom. The first-order valence-electron chi connectivity index (χ1n) is 4.73. The van der Waals surface area contributed by atoms with E-state index in [0.717, 1.165) is 25.7 Å². The van der Waals surface area contributed by atoms with E-state index in [1.165, 1.54) is 19.3 Å². The monoisotopic (exact) mass is 168 g/mol. The molecule has 2 nitrogen and oxygen atoms in total. The second-order valence-electron chi connectivity index (χ2n) is 3.34. The maximum absolute atomic E-state index is 10.7. The number of hydrogen-bond donors (Lipinski definition) is 1. The first-order valence-corrected chi connectivity index (χ1v) is 4.73. The van der Waals surface area contributed by atoms with Crippen molar-refractivity contribution in [2.24, 2.45) is 0 Å². The van der Waals surface area contributed by atoms with E-state index < -0.39 is 5.97 Å². The van der Waals surface area contributed by atoms with E-state index >= 15 is 0 Å². The van der Waals surface area contributed by atoms with Gasteiger partial charge in [0.25, 0.3) is 0 Å². The quantitative estimate of drug-likeness (QED) is 0.653. The Hall–Kier alpha value is -0.790. The van der Waals surface area contributed by atoms with Crippen molar-refractivity contribution in [2.75, 3.05) is 0 Å². The van der Waals surface area contributed by atoms with Crippen LogP contribution in [0.4, 0.5) is 0 Å². The molecule has 1 N–H and O–H groups in total. The van der Waals surface area contributed by atoms with E-state index in [-0.39, 0.29) is 0 Å². The number of allylic oxidation sites excluding steroid dienone is 1. The van der Waals surface area contributed by atoms with Crippen LogP contribution in [0.2, 0.25) is 0 Å². The van der Waals surface area contributed by atoms with Crippen LogP contribution in [0.25, 0.3) is 0 Å². The van der Waals surface area contributed by atoms with Crippen LogP contribution in [0.5, 0.6) is 0 Å². The standard InChI is InChI=1S/C10H16O2/c11-10(12)9-7-5-3-1-2-4-6-8-9/h7H,1-6,8H2,(H,11,12)/b9-7+. The van der Waals surface area contributed by atoms with Crippen molar-refractivity contribution in [1.82, 2.24) is 0 Å². The van der Waals surface area contributed by atoms with E-state index in [0.29, 0.717) is 5.57 Å². The molecule has 0 fully saturated rings. The fourth-order valence-corrected chi connectivity index (χ4v) is 1.56. The summed E-state index contributed by atoms with van der Waals surface area (Å²) in [5, 5.41) is 8.78. The average Bonchev–Trinajstić information content (AvgIpc) is 2.15. The van der Waals surface area contributed by atoms with Crippen molar-refractivity contribution in [3.63, 3.8) is 0 Å².